The minimum Gasteiger partial charge on any atom is -0.354 e. The molecular weight excluding hydrogens is 300 g/mol. The lowest BCUT2D eigenvalue weighted by molar-refractivity contribution is -0.124. The standard InChI is InChI=1S/C19H28N4O/c1-14-11-15(2)23(21-14)16(3)19(24)20-10-9-17-7-6-8-18(12-17)13-22(4)5/h6-8,11-12,16H,9-10,13H2,1-5H3,(H,20,24)/t16-/m0/s1. The second-order valence-corrected chi connectivity index (χ2v) is 6.65. The van der Waals surface area contributed by atoms with Gasteiger partial charge in [0.25, 0.3) is 0 Å². The van der Waals surface area contributed by atoms with E-state index >= 15 is 0 Å². The molecule has 5 nitrogen and oxygen atoms in total. The Balaban J connectivity index is 1.87. The van der Waals surface area contributed by atoms with Crippen LogP contribution in [0.5, 0.6) is 0 Å². The molecular formula is C19H28N4O. The Hall–Kier alpha value is -2.14. The number of nitrogens with zero attached hydrogens (tertiary/aromatic N) is 3. The van der Waals surface area contributed by atoms with Crippen LogP contribution >= 0.6 is 0 Å². The Bertz CT molecular complexity index is 690. The van der Waals surface area contributed by atoms with E-state index in [-0.39, 0.29) is 11.9 Å². The fourth-order valence-electron chi connectivity index (χ4n) is 2.88. The molecule has 2 rings (SSSR count). The number of amides is 1. The molecule has 1 N–H and O–H groups in total. The molecule has 130 valence electrons. The molecule has 0 saturated carbocycles. The smallest absolute Gasteiger partial charge is 0.244 e. The summed E-state index contributed by atoms with van der Waals surface area (Å²) in [6.45, 7) is 7.35. The number of carbonyl (C=O) groups is 1. The van der Waals surface area contributed by atoms with Crippen LogP contribution in [0.25, 0.3) is 0 Å². The number of nitrogens with one attached hydrogen (secondary N) is 1. The van der Waals surface area contributed by atoms with Gasteiger partial charge in [-0.3, -0.25) is 9.48 Å². The van der Waals surface area contributed by atoms with E-state index in [0.717, 1.165) is 24.4 Å². The average molecular weight is 328 g/mol. The lowest BCUT2D eigenvalue weighted by Crippen LogP contribution is -2.33. The molecule has 1 aromatic heterocycles. The lowest BCUT2D eigenvalue weighted by atomic mass is 10.1. The SMILES string of the molecule is Cc1cc(C)n([C@@H](C)C(=O)NCCc2cccc(CN(C)C)c2)n1. The van der Waals surface area contributed by atoms with Crippen molar-refractivity contribution in [2.75, 3.05) is 20.6 Å². The Morgan fingerprint density at radius 1 is 1.25 bits per heavy atom. The molecule has 1 amide bonds. The summed E-state index contributed by atoms with van der Waals surface area (Å²) in [6.07, 6.45) is 0.830. The molecule has 1 heterocycles. The molecule has 0 aliphatic heterocycles. The number of carbonyl (C=O) groups excluding carboxylic acids is 1. The molecule has 0 aliphatic rings. The van der Waals surface area contributed by atoms with E-state index in [1.54, 1.807) is 4.68 Å². The van der Waals surface area contributed by atoms with Crippen molar-refractivity contribution in [2.45, 2.75) is 39.8 Å². The van der Waals surface area contributed by atoms with E-state index in [1.807, 2.05) is 26.8 Å². The average Bonchev–Trinajstić information content (AvgIpc) is 2.84. The molecule has 1 aromatic carbocycles. The zero-order valence-electron chi connectivity index (χ0n) is 15.3. The molecule has 0 saturated heterocycles. The fourth-order valence-corrected chi connectivity index (χ4v) is 2.88. The molecule has 24 heavy (non-hydrogen) atoms. The summed E-state index contributed by atoms with van der Waals surface area (Å²) in [7, 11) is 4.13. The number of rotatable bonds is 7. The Kier molecular flexibility index (Phi) is 6.15. The minimum atomic E-state index is -0.293. The van der Waals surface area contributed by atoms with Gasteiger partial charge in [0, 0.05) is 18.8 Å². The predicted molar refractivity (Wildman–Crippen MR) is 97.0 cm³/mol. The van der Waals surface area contributed by atoms with Gasteiger partial charge in [-0.1, -0.05) is 24.3 Å². The third kappa shape index (κ3) is 4.93. The molecule has 2 aromatic rings. The highest BCUT2D eigenvalue weighted by atomic mass is 16.2. The van der Waals surface area contributed by atoms with E-state index in [0.29, 0.717) is 6.54 Å². The highest BCUT2D eigenvalue weighted by Gasteiger charge is 2.17. The lowest BCUT2D eigenvalue weighted by Gasteiger charge is -2.15. The van der Waals surface area contributed by atoms with Gasteiger partial charge in [0.05, 0.1) is 5.69 Å². The third-order valence-corrected chi connectivity index (χ3v) is 3.99. The van der Waals surface area contributed by atoms with Crippen LogP contribution in [0.1, 0.15) is 35.5 Å². The quantitative estimate of drug-likeness (QED) is 0.849. The minimum absolute atomic E-state index is 0.00523. The van der Waals surface area contributed by atoms with E-state index in [2.05, 4.69) is 53.7 Å². The van der Waals surface area contributed by atoms with Crippen molar-refractivity contribution in [3.05, 3.63) is 52.8 Å². The van der Waals surface area contributed by atoms with Gasteiger partial charge < -0.3 is 10.2 Å². The Morgan fingerprint density at radius 3 is 2.58 bits per heavy atom. The van der Waals surface area contributed by atoms with Crippen molar-refractivity contribution in [3.8, 4) is 0 Å². The van der Waals surface area contributed by atoms with Gasteiger partial charge in [-0.25, -0.2) is 0 Å². The fraction of sp³-hybridized carbons (Fsp3) is 0.474. The molecule has 1 atom stereocenters. The van der Waals surface area contributed by atoms with Crippen LogP contribution in [0.4, 0.5) is 0 Å². The number of aryl methyl sites for hydroxylation is 2. The Morgan fingerprint density at radius 2 is 1.96 bits per heavy atom. The monoisotopic (exact) mass is 328 g/mol. The maximum absolute atomic E-state index is 12.3. The van der Waals surface area contributed by atoms with E-state index in [1.165, 1.54) is 11.1 Å². The van der Waals surface area contributed by atoms with Gasteiger partial charge in [-0.05, 0) is 58.5 Å². The van der Waals surface area contributed by atoms with Gasteiger partial charge in [0.15, 0.2) is 0 Å². The topological polar surface area (TPSA) is 50.2 Å². The van der Waals surface area contributed by atoms with Gasteiger partial charge in [-0.2, -0.15) is 5.10 Å². The van der Waals surface area contributed by atoms with Crippen molar-refractivity contribution < 1.29 is 4.79 Å². The Labute approximate surface area is 144 Å². The maximum atomic E-state index is 12.3. The highest BCUT2D eigenvalue weighted by molar-refractivity contribution is 5.79. The summed E-state index contributed by atoms with van der Waals surface area (Å²) in [5.41, 5.74) is 4.48. The highest BCUT2D eigenvalue weighted by Crippen LogP contribution is 2.11. The van der Waals surface area contributed by atoms with Crippen LogP contribution in [0.15, 0.2) is 30.3 Å². The van der Waals surface area contributed by atoms with Gasteiger partial charge in [-0.15, -0.1) is 0 Å². The molecule has 0 unspecified atom stereocenters. The maximum Gasteiger partial charge on any atom is 0.244 e. The summed E-state index contributed by atoms with van der Waals surface area (Å²) in [6, 6.07) is 10.2. The van der Waals surface area contributed by atoms with Crippen molar-refractivity contribution in [3.63, 3.8) is 0 Å². The van der Waals surface area contributed by atoms with Crippen molar-refractivity contribution >= 4 is 5.91 Å². The number of hydrogen-bond donors (Lipinski definition) is 1. The van der Waals surface area contributed by atoms with E-state index in [4.69, 9.17) is 0 Å². The zero-order valence-corrected chi connectivity index (χ0v) is 15.3. The first-order valence-corrected chi connectivity index (χ1v) is 8.40. The molecule has 0 fully saturated rings. The second kappa shape index (κ2) is 8.11. The number of aromatic nitrogens is 2. The molecule has 5 heteroatoms. The first-order valence-electron chi connectivity index (χ1n) is 8.40. The van der Waals surface area contributed by atoms with Crippen LogP contribution in [0.2, 0.25) is 0 Å². The summed E-state index contributed by atoms with van der Waals surface area (Å²) in [5, 5.41) is 7.40. The molecule has 0 bridgehead atoms. The van der Waals surface area contributed by atoms with Crippen LogP contribution in [0.3, 0.4) is 0 Å². The van der Waals surface area contributed by atoms with Gasteiger partial charge in [0.1, 0.15) is 6.04 Å². The summed E-state index contributed by atoms with van der Waals surface area (Å²) < 4.78 is 1.78. The van der Waals surface area contributed by atoms with Gasteiger partial charge in [0.2, 0.25) is 5.91 Å². The van der Waals surface area contributed by atoms with Crippen LogP contribution in [-0.2, 0) is 17.8 Å². The first-order chi connectivity index (χ1) is 11.4. The number of hydrogen-bond acceptors (Lipinski definition) is 3. The summed E-state index contributed by atoms with van der Waals surface area (Å²) >= 11 is 0. The van der Waals surface area contributed by atoms with Crippen molar-refractivity contribution in [1.29, 1.82) is 0 Å². The molecule has 0 spiro atoms. The van der Waals surface area contributed by atoms with Gasteiger partial charge >= 0.3 is 0 Å². The number of benzene rings is 1. The second-order valence-electron chi connectivity index (χ2n) is 6.65. The van der Waals surface area contributed by atoms with E-state index in [9.17, 15) is 4.79 Å². The molecule has 0 aliphatic carbocycles. The molecule has 0 radical (unpaired) electrons. The summed E-state index contributed by atoms with van der Waals surface area (Å²) in [4.78, 5) is 14.5. The predicted octanol–water partition coefficient (Wildman–Crippen LogP) is 2.48. The van der Waals surface area contributed by atoms with Crippen LogP contribution in [-0.4, -0.2) is 41.2 Å². The van der Waals surface area contributed by atoms with Crippen molar-refractivity contribution in [1.82, 2.24) is 20.0 Å². The first kappa shape index (κ1) is 18.2. The van der Waals surface area contributed by atoms with Crippen LogP contribution in [0, 0.1) is 13.8 Å². The van der Waals surface area contributed by atoms with E-state index < -0.39 is 0 Å². The van der Waals surface area contributed by atoms with Crippen molar-refractivity contribution in [2.24, 2.45) is 0 Å². The largest absolute Gasteiger partial charge is 0.354 e. The normalized spacial score (nSPS) is 12.4. The third-order valence-electron chi connectivity index (χ3n) is 3.99. The van der Waals surface area contributed by atoms with Crippen LogP contribution < -0.4 is 5.32 Å². The summed E-state index contributed by atoms with van der Waals surface area (Å²) in [5.74, 6) is 0.00523. The zero-order chi connectivity index (χ0) is 17.7.